The third-order valence-electron chi connectivity index (χ3n) is 3.23. The maximum atomic E-state index is 11.7. The molecule has 84 valence electrons. The van der Waals surface area contributed by atoms with E-state index >= 15 is 0 Å². The Morgan fingerprint density at radius 1 is 1.33 bits per heavy atom. The summed E-state index contributed by atoms with van der Waals surface area (Å²) in [6, 6.07) is 0. The van der Waals surface area contributed by atoms with Crippen LogP contribution >= 0.6 is 0 Å². The fraction of sp³-hybridized carbons (Fsp3) is 0.800. The fourth-order valence-corrected chi connectivity index (χ4v) is 2.37. The molecule has 2 amide bonds. The van der Waals surface area contributed by atoms with Gasteiger partial charge in [0.25, 0.3) is 0 Å². The number of carbonyl (C=O) groups excluding carboxylic acids is 2. The van der Waals surface area contributed by atoms with E-state index in [0.717, 1.165) is 26.2 Å². The number of nitrogens with one attached hydrogen (secondary N) is 2. The van der Waals surface area contributed by atoms with Crippen molar-refractivity contribution in [1.29, 1.82) is 0 Å². The first-order chi connectivity index (χ1) is 7.16. The first kappa shape index (κ1) is 10.4. The van der Waals surface area contributed by atoms with Crippen molar-refractivity contribution in [3.8, 4) is 0 Å². The zero-order chi connectivity index (χ0) is 10.8. The second kappa shape index (κ2) is 4.18. The minimum absolute atomic E-state index is 0.0413. The maximum absolute atomic E-state index is 11.7. The molecule has 0 unspecified atom stereocenters. The van der Waals surface area contributed by atoms with E-state index in [1.165, 1.54) is 6.92 Å². The fourth-order valence-electron chi connectivity index (χ4n) is 2.37. The first-order valence-corrected chi connectivity index (χ1v) is 5.39. The van der Waals surface area contributed by atoms with Crippen molar-refractivity contribution in [3.63, 3.8) is 0 Å². The largest absolute Gasteiger partial charge is 0.347 e. The Hall–Kier alpha value is -1.10. The number of fused-ring (bicyclic) bond motifs is 1. The van der Waals surface area contributed by atoms with Gasteiger partial charge < -0.3 is 15.5 Å². The van der Waals surface area contributed by atoms with Gasteiger partial charge in [0.05, 0.1) is 6.54 Å². The monoisotopic (exact) mass is 211 g/mol. The van der Waals surface area contributed by atoms with Gasteiger partial charge in [0.2, 0.25) is 11.8 Å². The maximum Gasteiger partial charge on any atom is 0.241 e. The molecule has 2 aliphatic rings. The highest BCUT2D eigenvalue weighted by Gasteiger charge is 2.37. The summed E-state index contributed by atoms with van der Waals surface area (Å²) in [6.45, 7) is 5.30. The summed E-state index contributed by atoms with van der Waals surface area (Å²) in [6.07, 6.45) is 0. The molecule has 2 aliphatic heterocycles. The predicted molar refractivity (Wildman–Crippen MR) is 55.1 cm³/mol. The lowest BCUT2D eigenvalue weighted by Gasteiger charge is -2.17. The Labute approximate surface area is 89.2 Å². The van der Waals surface area contributed by atoms with Gasteiger partial charge in [0.15, 0.2) is 0 Å². The van der Waals surface area contributed by atoms with E-state index in [2.05, 4.69) is 10.6 Å². The van der Waals surface area contributed by atoms with Crippen LogP contribution in [0, 0.1) is 11.8 Å². The summed E-state index contributed by atoms with van der Waals surface area (Å²) in [4.78, 5) is 24.2. The molecule has 0 spiro atoms. The van der Waals surface area contributed by atoms with E-state index in [0.29, 0.717) is 11.8 Å². The van der Waals surface area contributed by atoms with Crippen LogP contribution in [0.25, 0.3) is 0 Å². The summed E-state index contributed by atoms with van der Waals surface area (Å²) >= 11 is 0. The SMILES string of the molecule is CC(=O)NCC(=O)N1C[C@H]2CNC[C@H]2C1. The van der Waals surface area contributed by atoms with Crippen molar-refractivity contribution in [1.82, 2.24) is 15.5 Å². The van der Waals surface area contributed by atoms with E-state index in [9.17, 15) is 9.59 Å². The van der Waals surface area contributed by atoms with E-state index in [4.69, 9.17) is 0 Å². The van der Waals surface area contributed by atoms with Gasteiger partial charge in [-0.05, 0) is 11.8 Å². The highest BCUT2D eigenvalue weighted by Crippen LogP contribution is 2.25. The van der Waals surface area contributed by atoms with Crippen LogP contribution in [0.4, 0.5) is 0 Å². The van der Waals surface area contributed by atoms with Crippen molar-refractivity contribution in [2.45, 2.75) is 6.92 Å². The smallest absolute Gasteiger partial charge is 0.241 e. The summed E-state index contributed by atoms with van der Waals surface area (Å²) in [5.41, 5.74) is 0. The van der Waals surface area contributed by atoms with E-state index in [-0.39, 0.29) is 18.4 Å². The molecule has 0 aromatic heterocycles. The molecule has 0 radical (unpaired) electrons. The van der Waals surface area contributed by atoms with Crippen LogP contribution in [0.1, 0.15) is 6.92 Å². The Morgan fingerprint density at radius 2 is 1.93 bits per heavy atom. The molecule has 2 fully saturated rings. The van der Waals surface area contributed by atoms with Crippen molar-refractivity contribution in [2.24, 2.45) is 11.8 Å². The lowest BCUT2D eigenvalue weighted by Crippen LogP contribution is -2.39. The van der Waals surface area contributed by atoms with Gasteiger partial charge in [-0.25, -0.2) is 0 Å². The average Bonchev–Trinajstić information content (AvgIpc) is 2.72. The van der Waals surface area contributed by atoms with Crippen molar-refractivity contribution in [3.05, 3.63) is 0 Å². The highest BCUT2D eigenvalue weighted by molar-refractivity contribution is 5.83. The second-order valence-corrected chi connectivity index (χ2v) is 4.39. The van der Waals surface area contributed by atoms with Gasteiger partial charge in [0.1, 0.15) is 0 Å². The zero-order valence-electron chi connectivity index (χ0n) is 8.95. The van der Waals surface area contributed by atoms with E-state index < -0.39 is 0 Å². The van der Waals surface area contributed by atoms with Crippen LogP contribution in [0.2, 0.25) is 0 Å². The van der Waals surface area contributed by atoms with Crippen LogP contribution < -0.4 is 10.6 Å². The van der Waals surface area contributed by atoms with Crippen LogP contribution in [0.15, 0.2) is 0 Å². The Balaban J connectivity index is 1.80. The van der Waals surface area contributed by atoms with Gasteiger partial charge in [-0.3, -0.25) is 9.59 Å². The predicted octanol–water partition coefficient (Wildman–Crippen LogP) is -1.20. The quantitative estimate of drug-likeness (QED) is 0.603. The number of rotatable bonds is 2. The molecule has 0 aromatic carbocycles. The van der Waals surface area contributed by atoms with Crippen LogP contribution in [0.3, 0.4) is 0 Å². The average molecular weight is 211 g/mol. The number of amides is 2. The third-order valence-corrected chi connectivity index (χ3v) is 3.23. The molecule has 0 saturated carbocycles. The zero-order valence-corrected chi connectivity index (χ0v) is 8.95. The number of hydrogen-bond donors (Lipinski definition) is 2. The summed E-state index contributed by atoms with van der Waals surface area (Å²) in [5, 5.41) is 5.87. The normalized spacial score (nSPS) is 29.0. The summed E-state index contributed by atoms with van der Waals surface area (Å²) < 4.78 is 0. The Morgan fingerprint density at radius 3 is 2.47 bits per heavy atom. The summed E-state index contributed by atoms with van der Waals surface area (Å²) in [5.74, 6) is 1.13. The van der Waals surface area contributed by atoms with Crippen molar-refractivity contribution >= 4 is 11.8 Å². The van der Waals surface area contributed by atoms with Crippen LogP contribution in [-0.2, 0) is 9.59 Å². The molecule has 2 saturated heterocycles. The van der Waals surface area contributed by atoms with Gasteiger partial charge in [-0.2, -0.15) is 0 Å². The molecular formula is C10H17N3O2. The molecule has 0 aromatic rings. The van der Waals surface area contributed by atoms with E-state index in [1.54, 1.807) is 0 Å². The molecular weight excluding hydrogens is 194 g/mol. The molecule has 15 heavy (non-hydrogen) atoms. The van der Waals surface area contributed by atoms with Gasteiger partial charge in [0, 0.05) is 33.1 Å². The number of likely N-dealkylation sites (tertiary alicyclic amines) is 1. The molecule has 2 heterocycles. The second-order valence-electron chi connectivity index (χ2n) is 4.39. The molecule has 5 heteroatoms. The molecule has 2 N–H and O–H groups in total. The third kappa shape index (κ3) is 2.28. The molecule has 0 aliphatic carbocycles. The number of nitrogens with zero attached hydrogens (tertiary/aromatic N) is 1. The minimum Gasteiger partial charge on any atom is -0.347 e. The van der Waals surface area contributed by atoms with Gasteiger partial charge >= 0.3 is 0 Å². The van der Waals surface area contributed by atoms with E-state index in [1.807, 2.05) is 4.90 Å². The standard InChI is InChI=1S/C10H17N3O2/c1-7(14)12-4-10(15)13-5-8-2-11-3-9(8)6-13/h8-9,11H,2-6H2,1H3,(H,12,14)/t8-,9+. The molecule has 0 bridgehead atoms. The van der Waals surface area contributed by atoms with Crippen molar-refractivity contribution < 1.29 is 9.59 Å². The minimum atomic E-state index is -0.149. The highest BCUT2D eigenvalue weighted by atomic mass is 16.2. The van der Waals surface area contributed by atoms with Crippen LogP contribution in [-0.4, -0.2) is 49.4 Å². The van der Waals surface area contributed by atoms with Crippen LogP contribution in [0.5, 0.6) is 0 Å². The number of carbonyl (C=O) groups is 2. The van der Waals surface area contributed by atoms with Gasteiger partial charge in [-0.1, -0.05) is 0 Å². The molecule has 2 rings (SSSR count). The Bertz CT molecular complexity index is 268. The number of hydrogen-bond acceptors (Lipinski definition) is 3. The Kier molecular flexibility index (Phi) is 2.90. The van der Waals surface area contributed by atoms with Gasteiger partial charge in [-0.15, -0.1) is 0 Å². The molecule has 5 nitrogen and oxygen atoms in total. The summed E-state index contributed by atoms with van der Waals surface area (Å²) in [7, 11) is 0. The topological polar surface area (TPSA) is 61.4 Å². The molecule has 2 atom stereocenters. The first-order valence-electron chi connectivity index (χ1n) is 5.39. The lowest BCUT2D eigenvalue weighted by molar-refractivity contribution is -0.131. The lowest BCUT2D eigenvalue weighted by atomic mass is 10.0. The van der Waals surface area contributed by atoms with Crippen molar-refractivity contribution in [2.75, 3.05) is 32.7 Å².